The van der Waals surface area contributed by atoms with E-state index >= 15 is 0 Å². The van der Waals surface area contributed by atoms with Crippen molar-refractivity contribution in [3.63, 3.8) is 0 Å². The van der Waals surface area contributed by atoms with Gasteiger partial charge in [-0.05, 0) is 24.6 Å². The molecule has 154 valence electrons. The number of carbonyl (C=O) groups excluding carboxylic acids is 1. The van der Waals surface area contributed by atoms with E-state index in [0.29, 0.717) is 18.2 Å². The van der Waals surface area contributed by atoms with E-state index in [9.17, 15) is 4.79 Å². The van der Waals surface area contributed by atoms with Gasteiger partial charge < -0.3 is 9.88 Å². The molecule has 0 unspecified atom stereocenters. The minimum atomic E-state index is -0.208. The molecule has 8 heteroatoms. The maximum Gasteiger partial charge on any atom is 0.250 e. The van der Waals surface area contributed by atoms with E-state index in [1.54, 1.807) is 12.3 Å². The number of nitrogens with zero attached hydrogens (tertiary/aromatic N) is 4. The molecule has 0 atom stereocenters. The van der Waals surface area contributed by atoms with Crippen molar-refractivity contribution < 1.29 is 4.79 Å². The summed E-state index contributed by atoms with van der Waals surface area (Å²) in [5.74, 6) is 0.756. The maximum atomic E-state index is 12.1. The highest BCUT2D eigenvalue weighted by molar-refractivity contribution is 7.99. The van der Waals surface area contributed by atoms with Crippen molar-refractivity contribution in [3.8, 4) is 0 Å². The average Bonchev–Trinajstić information content (AvgIpc) is 3.15. The summed E-state index contributed by atoms with van der Waals surface area (Å²) in [6.45, 7) is 6.91. The lowest BCUT2D eigenvalue weighted by molar-refractivity contribution is -0.118. The first-order chi connectivity index (χ1) is 14.7. The summed E-state index contributed by atoms with van der Waals surface area (Å²) in [5.41, 5.74) is 5.65. The van der Waals surface area contributed by atoms with Crippen molar-refractivity contribution in [2.75, 3.05) is 11.1 Å². The fraction of sp³-hybridized carbons (Fsp3) is 0.182. The van der Waals surface area contributed by atoms with Gasteiger partial charge in [0.25, 0.3) is 5.91 Å². The molecule has 1 amide bonds. The van der Waals surface area contributed by atoms with E-state index in [1.165, 1.54) is 17.3 Å². The van der Waals surface area contributed by atoms with Crippen molar-refractivity contribution in [1.29, 1.82) is 0 Å². The van der Waals surface area contributed by atoms with Crippen molar-refractivity contribution in [1.82, 2.24) is 20.2 Å². The summed E-state index contributed by atoms with van der Waals surface area (Å²) in [4.78, 5) is 12.1. The van der Waals surface area contributed by atoms with Crippen molar-refractivity contribution in [3.05, 3.63) is 84.2 Å². The predicted octanol–water partition coefficient (Wildman–Crippen LogP) is 3.63. The van der Waals surface area contributed by atoms with Crippen molar-refractivity contribution in [2.24, 2.45) is 5.10 Å². The summed E-state index contributed by atoms with van der Waals surface area (Å²) in [5, 5.41) is 16.5. The van der Waals surface area contributed by atoms with Crippen LogP contribution in [0.15, 0.2) is 77.5 Å². The maximum absolute atomic E-state index is 12.1. The first-order valence-electron chi connectivity index (χ1n) is 9.49. The van der Waals surface area contributed by atoms with E-state index in [0.717, 1.165) is 17.1 Å². The average molecular weight is 421 g/mol. The third-order valence-electron chi connectivity index (χ3n) is 4.14. The lowest BCUT2D eigenvalue weighted by Crippen LogP contribution is -2.20. The standard InChI is InChI=1S/C22H24N6OS/c1-3-13-28-20(15-23-19-7-5-4-6-8-19)25-27-22(28)30-16-21(29)26-24-14-18-11-9-17(2)10-12-18/h3-12,14,23H,1,13,15-16H2,2H3,(H,26,29)/b24-14-. The van der Waals surface area contributed by atoms with Gasteiger partial charge in [-0.25, -0.2) is 5.43 Å². The van der Waals surface area contributed by atoms with Crippen LogP contribution in [0.4, 0.5) is 5.69 Å². The lowest BCUT2D eigenvalue weighted by Gasteiger charge is -2.09. The summed E-state index contributed by atoms with van der Waals surface area (Å²) < 4.78 is 1.94. The first kappa shape index (κ1) is 21.3. The van der Waals surface area contributed by atoms with Crippen molar-refractivity contribution in [2.45, 2.75) is 25.2 Å². The van der Waals surface area contributed by atoms with Crippen LogP contribution in [-0.4, -0.2) is 32.6 Å². The van der Waals surface area contributed by atoms with Crippen LogP contribution in [0.3, 0.4) is 0 Å². The number of aryl methyl sites for hydroxylation is 1. The molecule has 0 aliphatic rings. The van der Waals surface area contributed by atoms with Crippen LogP contribution in [0.2, 0.25) is 0 Å². The van der Waals surface area contributed by atoms with E-state index in [2.05, 4.69) is 32.6 Å². The number of hydrazone groups is 1. The summed E-state index contributed by atoms with van der Waals surface area (Å²) in [6.07, 6.45) is 3.40. The van der Waals surface area contributed by atoms with Gasteiger partial charge in [0.05, 0.1) is 18.5 Å². The molecule has 0 radical (unpaired) electrons. The van der Waals surface area contributed by atoms with Gasteiger partial charge in [0.15, 0.2) is 11.0 Å². The van der Waals surface area contributed by atoms with Gasteiger partial charge in [-0.1, -0.05) is 65.9 Å². The summed E-state index contributed by atoms with van der Waals surface area (Å²) >= 11 is 1.31. The number of rotatable bonds is 10. The van der Waals surface area contributed by atoms with E-state index < -0.39 is 0 Å². The van der Waals surface area contributed by atoms with Gasteiger partial charge in [0.1, 0.15) is 0 Å². The zero-order valence-corrected chi connectivity index (χ0v) is 17.6. The van der Waals surface area contributed by atoms with Crippen LogP contribution < -0.4 is 10.7 Å². The van der Waals surface area contributed by atoms with Gasteiger partial charge in [-0.15, -0.1) is 16.8 Å². The van der Waals surface area contributed by atoms with Gasteiger partial charge >= 0.3 is 0 Å². The third kappa shape index (κ3) is 6.31. The molecule has 0 fully saturated rings. The second-order valence-corrected chi connectivity index (χ2v) is 7.45. The van der Waals surface area contributed by atoms with Gasteiger partial charge in [-0.2, -0.15) is 5.10 Å². The molecule has 7 nitrogen and oxygen atoms in total. The summed E-state index contributed by atoms with van der Waals surface area (Å²) in [6, 6.07) is 17.8. The van der Waals surface area contributed by atoms with Crippen LogP contribution >= 0.6 is 11.8 Å². The minimum absolute atomic E-state index is 0.187. The second-order valence-electron chi connectivity index (χ2n) is 6.51. The number of anilines is 1. The Hall–Kier alpha value is -3.39. The highest BCUT2D eigenvalue weighted by Crippen LogP contribution is 2.18. The number of allylic oxidation sites excluding steroid dienone is 1. The number of benzene rings is 2. The number of nitrogens with one attached hydrogen (secondary N) is 2. The fourth-order valence-corrected chi connectivity index (χ4v) is 3.36. The zero-order chi connectivity index (χ0) is 21.2. The first-order valence-corrected chi connectivity index (χ1v) is 10.5. The van der Waals surface area contributed by atoms with Gasteiger partial charge in [0, 0.05) is 12.2 Å². The molecule has 30 heavy (non-hydrogen) atoms. The Morgan fingerprint density at radius 1 is 1.17 bits per heavy atom. The molecular weight excluding hydrogens is 396 g/mol. The van der Waals surface area contributed by atoms with Crippen LogP contribution in [0.5, 0.6) is 0 Å². The predicted molar refractivity (Wildman–Crippen MR) is 122 cm³/mol. The molecule has 2 N–H and O–H groups in total. The second kappa shape index (κ2) is 11.0. The Labute approximate surface area is 180 Å². The number of thioether (sulfide) groups is 1. The molecule has 1 aromatic heterocycles. The number of aromatic nitrogens is 3. The highest BCUT2D eigenvalue weighted by Gasteiger charge is 2.13. The Balaban J connectivity index is 1.53. The number of carbonyl (C=O) groups is 1. The topological polar surface area (TPSA) is 84.2 Å². The van der Waals surface area contributed by atoms with Crippen molar-refractivity contribution >= 4 is 29.6 Å². The molecule has 0 spiro atoms. The summed E-state index contributed by atoms with van der Waals surface area (Å²) in [7, 11) is 0. The molecule has 1 heterocycles. The molecule has 0 saturated carbocycles. The molecule has 0 aliphatic carbocycles. The molecule has 3 aromatic rings. The molecule has 0 saturated heterocycles. The van der Waals surface area contributed by atoms with Crippen LogP contribution in [-0.2, 0) is 17.9 Å². The SMILES string of the molecule is C=CCn1c(CNc2ccccc2)nnc1SCC(=O)N/N=C\c1ccc(C)cc1. The lowest BCUT2D eigenvalue weighted by atomic mass is 10.2. The largest absolute Gasteiger partial charge is 0.378 e. The van der Waals surface area contributed by atoms with Crippen LogP contribution in [0.1, 0.15) is 17.0 Å². The number of hydrogen-bond acceptors (Lipinski definition) is 6. The minimum Gasteiger partial charge on any atom is -0.378 e. The van der Waals surface area contributed by atoms with E-state index in [-0.39, 0.29) is 11.7 Å². The Morgan fingerprint density at radius 2 is 1.93 bits per heavy atom. The number of para-hydroxylation sites is 1. The molecule has 2 aromatic carbocycles. The van der Waals surface area contributed by atoms with Crippen LogP contribution in [0, 0.1) is 6.92 Å². The molecular formula is C22H24N6OS. The third-order valence-corrected chi connectivity index (χ3v) is 5.11. The number of amides is 1. The fourth-order valence-electron chi connectivity index (χ4n) is 2.60. The van der Waals surface area contributed by atoms with E-state index in [1.807, 2.05) is 66.1 Å². The molecule has 0 aliphatic heterocycles. The molecule has 3 rings (SSSR count). The van der Waals surface area contributed by atoms with Gasteiger partial charge in [-0.3, -0.25) is 4.79 Å². The Morgan fingerprint density at radius 3 is 2.67 bits per heavy atom. The smallest absolute Gasteiger partial charge is 0.250 e. The monoisotopic (exact) mass is 420 g/mol. The van der Waals surface area contributed by atoms with Crippen LogP contribution in [0.25, 0.3) is 0 Å². The highest BCUT2D eigenvalue weighted by atomic mass is 32.2. The quantitative estimate of drug-likeness (QED) is 0.226. The normalized spacial score (nSPS) is 10.8. The molecule has 0 bridgehead atoms. The zero-order valence-electron chi connectivity index (χ0n) is 16.8. The number of hydrogen-bond donors (Lipinski definition) is 2. The Kier molecular flexibility index (Phi) is 7.79. The van der Waals surface area contributed by atoms with Gasteiger partial charge in [0.2, 0.25) is 0 Å². The van der Waals surface area contributed by atoms with E-state index in [4.69, 9.17) is 0 Å². The Bertz CT molecular complexity index is 998.